The van der Waals surface area contributed by atoms with E-state index in [0.29, 0.717) is 28.9 Å². The molecule has 0 aliphatic carbocycles. The Balaban J connectivity index is 1.87. The number of nitrogens with zero attached hydrogens (tertiary/aromatic N) is 1. The third kappa shape index (κ3) is 3.76. The highest BCUT2D eigenvalue weighted by Gasteiger charge is 2.35. The molecule has 1 aliphatic heterocycles. The van der Waals surface area contributed by atoms with E-state index in [1.54, 1.807) is 23.1 Å². The Kier molecular flexibility index (Phi) is 5.10. The standard InChI is InChI=1S/C13H15Cl2NO4/c14-8-1-2-12(10(15)5-8)20-4-3-16-7-9(17)6-11(16)13(18)19/h1-2,5,9,11,17H,3-4,6-7H2,(H,18,19). The van der Waals surface area contributed by atoms with Gasteiger partial charge in [-0.2, -0.15) is 0 Å². The van der Waals surface area contributed by atoms with E-state index >= 15 is 0 Å². The first-order valence-electron chi connectivity index (χ1n) is 6.20. The normalized spacial score (nSPS) is 22.9. The molecule has 1 aromatic rings. The number of aliphatic hydroxyl groups is 1. The third-order valence-corrected chi connectivity index (χ3v) is 3.73. The predicted octanol–water partition coefficient (Wildman–Crippen LogP) is 1.89. The number of hydrogen-bond donors (Lipinski definition) is 2. The number of carboxylic acid groups (broad SMARTS) is 1. The number of aliphatic carboxylic acids is 1. The molecule has 0 saturated carbocycles. The number of carbonyl (C=O) groups is 1. The summed E-state index contributed by atoms with van der Waals surface area (Å²) in [6.07, 6.45) is -0.355. The maximum Gasteiger partial charge on any atom is 0.321 e. The molecule has 1 saturated heterocycles. The topological polar surface area (TPSA) is 70.0 Å². The fraction of sp³-hybridized carbons (Fsp3) is 0.462. The Labute approximate surface area is 126 Å². The van der Waals surface area contributed by atoms with Crippen molar-refractivity contribution >= 4 is 29.2 Å². The first kappa shape index (κ1) is 15.4. The predicted molar refractivity (Wildman–Crippen MR) is 75.6 cm³/mol. The molecular weight excluding hydrogens is 305 g/mol. The number of benzene rings is 1. The number of carboxylic acids is 1. The van der Waals surface area contributed by atoms with Gasteiger partial charge in [-0.05, 0) is 18.2 Å². The number of rotatable bonds is 5. The lowest BCUT2D eigenvalue weighted by molar-refractivity contribution is -0.142. The summed E-state index contributed by atoms with van der Waals surface area (Å²) in [5, 5.41) is 19.5. The van der Waals surface area contributed by atoms with Gasteiger partial charge in [0.25, 0.3) is 0 Å². The Bertz CT molecular complexity index is 497. The van der Waals surface area contributed by atoms with Crippen LogP contribution in [0.2, 0.25) is 10.0 Å². The molecule has 1 heterocycles. The van der Waals surface area contributed by atoms with Crippen LogP contribution in [-0.4, -0.2) is 52.9 Å². The van der Waals surface area contributed by atoms with Crippen LogP contribution in [0.4, 0.5) is 0 Å². The van der Waals surface area contributed by atoms with Crippen molar-refractivity contribution in [3.63, 3.8) is 0 Å². The van der Waals surface area contributed by atoms with Crippen LogP contribution < -0.4 is 4.74 Å². The zero-order chi connectivity index (χ0) is 14.7. The minimum atomic E-state index is -0.925. The van der Waals surface area contributed by atoms with Gasteiger partial charge >= 0.3 is 5.97 Å². The third-order valence-electron chi connectivity index (χ3n) is 3.20. The number of hydrogen-bond acceptors (Lipinski definition) is 4. The smallest absolute Gasteiger partial charge is 0.321 e. The highest BCUT2D eigenvalue weighted by atomic mass is 35.5. The molecule has 0 spiro atoms. The van der Waals surface area contributed by atoms with Crippen molar-refractivity contribution in [2.45, 2.75) is 18.6 Å². The second-order valence-electron chi connectivity index (χ2n) is 4.66. The van der Waals surface area contributed by atoms with E-state index in [9.17, 15) is 9.90 Å². The van der Waals surface area contributed by atoms with Crippen LogP contribution in [0.3, 0.4) is 0 Å². The molecule has 0 radical (unpaired) electrons. The molecular formula is C13H15Cl2NO4. The molecule has 0 amide bonds. The summed E-state index contributed by atoms with van der Waals surface area (Å²) in [4.78, 5) is 12.7. The van der Waals surface area contributed by atoms with Crippen LogP contribution in [-0.2, 0) is 4.79 Å². The summed E-state index contributed by atoms with van der Waals surface area (Å²) in [6.45, 7) is 1.04. The van der Waals surface area contributed by atoms with Gasteiger partial charge in [0.1, 0.15) is 18.4 Å². The Hall–Kier alpha value is -1.01. The van der Waals surface area contributed by atoms with E-state index in [-0.39, 0.29) is 13.0 Å². The Morgan fingerprint density at radius 1 is 1.45 bits per heavy atom. The summed E-state index contributed by atoms with van der Waals surface area (Å²) in [7, 11) is 0. The molecule has 2 rings (SSSR count). The maximum absolute atomic E-state index is 11.1. The fourth-order valence-electron chi connectivity index (χ4n) is 2.25. The minimum Gasteiger partial charge on any atom is -0.491 e. The Morgan fingerprint density at radius 3 is 2.85 bits per heavy atom. The maximum atomic E-state index is 11.1. The zero-order valence-electron chi connectivity index (χ0n) is 10.6. The largest absolute Gasteiger partial charge is 0.491 e. The van der Waals surface area contributed by atoms with Crippen LogP contribution in [0.15, 0.2) is 18.2 Å². The van der Waals surface area contributed by atoms with Gasteiger partial charge in [-0.25, -0.2) is 0 Å². The molecule has 1 aliphatic rings. The van der Waals surface area contributed by atoms with Crippen molar-refractivity contribution in [1.29, 1.82) is 0 Å². The first-order valence-corrected chi connectivity index (χ1v) is 6.95. The average Bonchev–Trinajstić information content (AvgIpc) is 2.73. The molecule has 2 atom stereocenters. The van der Waals surface area contributed by atoms with Gasteiger partial charge in [0.15, 0.2) is 0 Å². The van der Waals surface area contributed by atoms with Crippen molar-refractivity contribution in [3.05, 3.63) is 28.2 Å². The average molecular weight is 320 g/mol. The van der Waals surface area contributed by atoms with Crippen LogP contribution in [0.1, 0.15) is 6.42 Å². The monoisotopic (exact) mass is 319 g/mol. The Morgan fingerprint density at radius 2 is 2.20 bits per heavy atom. The van der Waals surface area contributed by atoms with E-state index < -0.39 is 18.1 Å². The van der Waals surface area contributed by atoms with Gasteiger partial charge in [-0.1, -0.05) is 23.2 Å². The van der Waals surface area contributed by atoms with Gasteiger partial charge in [-0.3, -0.25) is 9.69 Å². The minimum absolute atomic E-state index is 0.247. The zero-order valence-corrected chi connectivity index (χ0v) is 12.1. The van der Waals surface area contributed by atoms with Crippen LogP contribution >= 0.6 is 23.2 Å². The second kappa shape index (κ2) is 6.63. The van der Waals surface area contributed by atoms with E-state index in [4.69, 9.17) is 33.0 Å². The number of halogens is 2. The molecule has 2 N–H and O–H groups in total. The lowest BCUT2D eigenvalue weighted by Crippen LogP contribution is -2.38. The summed E-state index contributed by atoms with van der Waals surface area (Å²) in [5.74, 6) is -0.422. The highest BCUT2D eigenvalue weighted by Crippen LogP contribution is 2.27. The van der Waals surface area contributed by atoms with Crippen molar-refractivity contribution in [2.75, 3.05) is 19.7 Å². The van der Waals surface area contributed by atoms with Gasteiger partial charge in [-0.15, -0.1) is 0 Å². The summed E-state index contributed by atoms with van der Waals surface area (Å²) >= 11 is 11.8. The molecule has 110 valence electrons. The quantitative estimate of drug-likeness (QED) is 0.867. The number of aliphatic hydroxyl groups excluding tert-OH is 1. The first-order chi connectivity index (χ1) is 9.47. The highest BCUT2D eigenvalue weighted by molar-refractivity contribution is 6.35. The molecule has 1 aromatic carbocycles. The van der Waals surface area contributed by atoms with Crippen molar-refractivity contribution in [1.82, 2.24) is 4.90 Å². The second-order valence-corrected chi connectivity index (χ2v) is 5.51. The van der Waals surface area contributed by atoms with Gasteiger partial charge in [0.05, 0.1) is 11.1 Å². The van der Waals surface area contributed by atoms with Crippen molar-refractivity contribution in [2.24, 2.45) is 0 Å². The number of likely N-dealkylation sites (tertiary alicyclic amines) is 1. The van der Waals surface area contributed by atoms with E-state index in [2.05, 4.69) is 0 Å². The molecule has 5 nitrogen and oxygen atoms in total. The molecule has 0 bridgehead atoms. The summed E-state index contributed by atoms with van der Waals surface area (Å²) in [6, 6.07) is 4.26. The van der Waals surface area contributed by atoms with E-state index in [0.717, 1.165) is 0 Å². The lowest BCUT2D eigenvalue weighted by Gasteiger charge is -2.20. The number of ether oxygens (including phenoxy) is 1. The lowest BCUT2D eigenvalue weighted by atomic mass is 10.2. The molecule has 2 unspecified atom stereocenters. The van der Waals surface area contributed by atoms with Gasteiger partial charge in [0.2, 0.25) is 0 Å². The molecule has 20 heavy (non-hydrogen) atoms. The van der Waals surface area contributed by atoms with Crippen molar-refractivity contribution < 1.29 is 19.7 Å². The van der Waals surface area contributed by atoms with Crippen LogP contribution in [0.25, 0.3) is 0 Å². The number of β-amino-alcohol motifs (C(OH)–C–C–N with tert-alkyl or cyclic N) is 1. The van der Waals surface area contributed by atoms with Gasteiger partial charge in [0, 0.05) is 24.5 Å². The molecule has 0 aromatic heterocycles. The summed E-state index contributed by atoms with van der Waals surface area (Å²) < 4.78 is 5.51. The fourth-order valence-corrected chi connectivity index (χ4v) is 2.71. The molecule has 7 heteroatoms. The van der Waals surface area contributed by atoms with Crippen molar-refractivity contribution in [3.8, 4) is 5.75 Å². The summed E-state index contributed by atoms with van der Waals surface area (Å²) in [5.41, 5.74) is 0. The van der Waals surface area contributed by atoms with E-state index in [1.807, 2.05) is 0 Å². The van der Waals surface area contributed by atoms with Crippen LogP contribution in [0, 0.1) is 0 Å². The van der Waals surface area contributed by atoms with E-state index in [1.165, 1.54) is 0 Å². The molecule has 1 fully saturated rings. The SMILES string of the molecule is O=C(O)C1CC(O)CN1CCOc1ccc(Cl)cc1Cl. The van der Waals surface area contributed by atoms with Gasteiger partial charge < -0.3 is 14.9 Å². The van der Waals surface area contributed by atoms with Crippen LogP contribution in [0.5, 0.6) is 5.75 Å².